The quantitative estimate of drug-likeness (QED) is 0.367. The number of nitrogens with zero attached hydrogens (tertiary/aromatic N) is 1. The molecule has 0 aliphatic rings. The molecule has 11 nitrogen and oxygen atoms in total. The first-order valence-electron chi connectivity index (χ1n) is 9.62. The molecule has 2 aromatic rings. The average molecular weight is 431 g/mol. The van der Waals surface area contributed by atoms with Gasteiger partial charge in [-0.05, 0) is 12.5 Å². The minimum absolute atomic E-state index is 0.0625. The smallest absolute Gasteiger partial charge is 0.407 e. The molecule has 0 saturated carbocycles. The molecule has 31 heavy (non-hydrogen) atoms. The van der Waals surface area contributed by atoms with Crippen molar-refractivity contribution in [3.63, 3.8) is 0 Å². The van der Waals surface area contributed by atoms with Gasteiger partial charge in [-0.25, -0.2) is 9.78 Å². The van der Waals surface area contributed by atoms with E-state index in [4.69, 9.17) is 9.47 Å². The highest BCUT2D eigenvalue weighted by Crippen LogP contribution is 2.01. The van der Waals surface area contributed by atoms with Gasteiger partial charge >= 0.3 is 12.1 Å². The van der Waals surface area contributed by atoms with E-state index >= 15 is 0 Å². The number of alkyl carbamates (subject to hydrolysis) is 1. The van der Waals surface area contributed by atoms with E-state index in [1.165, 1.54) is 12.5 Å². The van der Waals surface area contributed by atoms with Crippen molar-refractivity contribution in [3.05, 3.63) is 54.1 Å². The van der Waals surface area contributed by atoms with Crippen LogP contribution in [0.25, 0.3) is 0 Å². The van der Waals surface area contributed by atoms with E-state index in [9.17, 15) is 19.2 Å². The first-order chi connectivity index (χ1) is 15.0. The van der Waals surface area contributed by atoms with Crippen molar-refractivity contribution in [2.75, 3.05) is 19.7 Å². The molecule has 0 radical (unpaired) electrons. The van der Waals surface area contributed by atoms with Crippen LogP contribution < -0.4 is 16.0 Å². The van der Waals surface area contributed by atoms with Gasteiger partial charge in [-0.15, -0.1) is 0 Å². The maximum atomic E-state index is 12.4. The molecule has 0 unspecified atom stereocenters. The minimum Gasteiger partial charge on any atom is -0.465 e. The summed E-state index contributed by atoms with van der Waals surface area (Å²) in [5, 5.41) is 7.26. The number of carbonyl (C=O) groups is 4. The Morgan fingerprint density at radius 3 is 2.52 bits per heavy atom. The number of aromatic amines is 1. The van der Waals surface area contributed by atoms with Crippen molar-refractivity contribution in [2.45, 2.75) is 26.0 Å². The highest BCUT2D eigenvalue weighted by molar-refractivity contribution is 5.91. The summed E-state index contributed by atoms with van der Waals surface area (Å²) < 4.78 is 9.79. The number of hydrogen-bond donors (Lipinski definition) is 4. The van der Waals surface area contributed by atoms with E-state index in [1.54, 1.807) is 19.1 Å². The van der Waals surface area contributed by atoms with Gasteiger partial charge in [0.2, 0.25) is 11.8 Å². The molecule has 11 heteroatoms. The number of amides is 3. The number of esters is 1. The van der Waals surface area contributed by atoms with Crippen molar-refractivity contribution >= 4 is 23.9 Å². The van der Waals surface area contributed by atoms with Gasteiger partial charge in [-0.1, -0.05) is 30.3 Å². The molecule has 166 valence electrons. The van der Waals surface area contributed by atoms with E-state index in [0.717, 1.165) is 5.56 Å². The van der Waals surface area contributed by atoms with Crippen LogP contribution >= 0.6 is 0 Å². The van der Waals surface area contributed by atoms with Crippen molar-refractivity contribution in [2.24, 2.45) is 0 Å². The molecule has 0 bridgehead atoms. The number of aromatic nitrogens is 2. The van der Waals surface area contributed by atoms with Crippen LogP contribution in [0.15, 0.2) is 42.9 Å². The van der Waals surface area contributed by atoms with Gasteiger partial charge in [0.15, 0.2) is 0 Å². The second-order valence-corrected chi connectivity index (χ2v) is 6.34. The molecule has 4 N–H and O–H groups in total. The number of H-pyrrole nitrogens is 1. The van der Waals surface area contributed by atoms with E-state index in [1.807, 2.05) is 18.2 Å². The Balaban J connectivity index is 1.82. The SMILES string of the molecule is CCOC(=O)CNC(=O)[C@H](Cc1cnc[nH]1)NC(=O)CNC(=O)OCc1ccccc1. The third-order valence-electron chi connectivity index (χ3n) is 3.95. The average Bonchev–Trinajstić information content (AvgIpc) is 3.28. The van der Waals surface area contributed by atoms with Crippen LogP contribution in [0.4, 0.5) is 4.79 Å². The molecule has 0 aliphatic carbocycles. The monoisotopic (exact) mass is 431 g/mol. The van der Waals surface area contributed by atoms with Crippen LogP contribution in [0.3, 0.4) is 0 Å². The van der Waals surface area contributed by atoms with E-state index in [2.05, 4.69) is 25.9 Å². The number of ether oxygens (including phenoxy) is 2. The molecule has 2 rings (SSSR count). The molecule has 0 fully saturated rings. The Kier molecular flexibility index (Phi) is 9.53. The van der Waals surface area contributed by atoms with Crippen LogP contribution in [-0.4, -0.2) is 59.6 Å². The van der Waals surface area contributed by atoms with Crippen LogP contribution in [0, 0.1) is 0 Å². The Bertz CT molecular complexity index is 856. The van der Waals surface area contributed by atoms with Crippen molar-refractivity contribution < 1.29 is 28.7 Å². The van der Waals surface area contributed by atoms with Crippen LogP contribution in [-0.2, 0) is 36.9 Å². The first kappa shape index (κ1) is 23.4. The van der Waals surface area contributed by atoms with Crippen LogP contribution in [0.1, 0.15) is 18.2 Å². The molecule has 1 aromatic heterocycles. The van der Waals surface area contributed by atoms with Crippen molar-refractivity contribution in [3.8, 4) is 0 Å². The molecule has 1 aromatic carbocycles. The minimum atomic E-state index is -0.996. The summed E-state index contributed by atoms with van der Waals surface area (Å²) in [5.41, 5.74) is 1.41. The third kappa shape index (κ3) is 8.98. The number of imidazole rings is 1. The number of hydrogen-bond acceptors (Lipinski definition) is 7. The lowest BCUT2D eigenvalue weighted by Gasteiger charge is -2.18. The zero-order valence-corrected chi connectivity index (χ0v) is 17.1. The van der Waals surface area contributed by atoms with E-state index in [-0.39, 0.29) is 26.2 Å². The standard InChI is InChI=1S/C20H25N5O6/c1-2-30-18(27)11-22-19(28)16(8-15-9-21-13-24-15)25-17(26)10-23-20(29)31-12-14-6-4-3-5-7-14/h3-7,9,13,16H,2,8,10-12H2,1H3,(H,21,24)(H,22,28)(H,23,29)(H,25,26)/t16-/m0/s1. The largest absolute Gasteiger partial charge is 0.465 e. The Hall–Kier alpha value is -3.89. The van der Waals surface area contributed by atoms with Gasteiger partial charge in [-0.3, -0.25) is 14.4 Å². The van der Waals surface area contributed by atoms with Gasteiger partial charge in [0.25, 0.3) is 0 Å². The summed E-state index contributed by atoms with van der Waals surface area (Å²) in [6.45, 7) is 1.19. The lowest BCUT2D eigenvalue weighted by atomic mass is 10.1. The highest BCUT2D eigenvalue weighted by Gasteiger charge is 2.23. The number of carbonyl (C=O) groups excluding carboxylic acids is 4. The van der Waals surface area contributed by atoms with Crippen molar-refractivity contribution in [1.29, 1.82) is 0 Å². The fourth-order valence-electron chi connectivity index (χ4n) is 2.49. The predicted molar refractivity (Wildman–Crippen MR) is 108 cm³/mol. The zero-order chi connectivity index (χ0) is 22.5. The molecule has 3 amide bonds. The number of nitrogens with one attached hydrogen (secondary N) is 4. The predicted octanol–water partition coefficient (Wildman–Crippen LogP) is 0.0427. The molecule has 1 atom stereocenters. The van der Waals surface area contributed by atoms with Gasteiger partial charge in [-0.2, -0.15) is 0 Å². The zero-order valence-electron chi connectivity index (χ0n) is 17.1. The summed E-state index contributed by atoms with van der Waals surface area (Å²) in [5.74, 6) is -1.78. The number of rotatable bonds is 11. The molecule has 0 aliphatic heterocycles. The maximum Gasteiger partial charge on any atom is 0.407 e. The Labute approximate surface area is 178 Å². The first-order valence-corrected chi connectivity index (χ1v) is 9.62. The summed E-state index contributed by atoms with van der Waals surface area (Å²) in [4.78, 5) is 54.6. The lowest BCUT2D eigenvalue weighted by Crippen LogP contribution is -2.51. The highest BCUT2D eigenvalue weighted by atomic mass is 16.5. The fourth-order valence-corrected chi connectivity index (χ4v) is 2.49. The molecule has 1 heterocycles. The van der Waals surface area contributed by atoms with E-state index in [0.29, 0.717) is 5.69 Å². The second kappa shape index (κ2) is 12.6. The van der Waals surface area contributed by atoms with Crippen LogP contribution in [0.2, 0.25) is 0 Å². The van der Waals surface area contributed by atoms with Crippen LogP contribution in [0.5, 0.6) is 0 Å². The van der Waals surface area contributed by atoms with Gasteiger partial charge < -0.3 is 30.4 Å². The third-order valence-corrected chi connectivity index (χ3v) is 3.95. The summed E-state index contributed by atoms with van der Waals surface area (Å²) >= 11 is 0. The Morgan fingerprint density at radius 1 is 1.06 bits per heavy atom. The van der Waals surface area contributed by atoms with Gasteiger partial charge in [0.05, 0.1) is 12.9 Å². The maximum absolute atomic E-state index is 12.4. The summed E-state index contributed by atoms with van der Waals surface area (Å²) in [7, 11) is 0. The molecular formula is C20H25N5O6. The molecule has 0 saturated heterocycles. The topological polar surface area (TPSA) is 152 Å². The summed E-state index contributed by atoms with van der Waals surface area (Å²) in [6.07, 6.45) is 2.29. The molecular weight excluding hydrogens is 406 g/mol. The number of benzene rings is 1. The second-order valence-electron chi connectivity index (χ2n) is 6.34. The Morgan fingerprint density at radius 2 is 1.84 bits per heavy atom. The van der Waals surface area contributed by atoms with E-state index < -0.39 is 36.5 Å². The fraction of sp³-hybridized carbons (Fsp3) is 0.350. The molecule has 0 spiro atoms. The summed E-state index contributed by atoms with van der Waals surface area (Å²) in [6, 6.07) is 8.08. The lowest BCUT2D eigenvalue weighted by molar-refractivity contribution is -0.143. The normalized spacial score (nSPS) is 11.1. The van der Waals surface area contributed by atoms with Gasteiger partial charge in [0, 0.05) is 18.3 Å². The van der Waals surface area contributed by atoms with Gasteiger partial charge in [0.1, 0.15) is 25.7 Å². The van der Waals surface area contributed by atoms with Crippen molar-refractivity contribution in [1.82, 2.24) is 25.9 Å².